The third-order valence-corrected chi connectivity index (χ3v) is 3.32. The van der Waals surface area contributed by atoms with Crippen molar-refractivity contribution in [3.63, 3.8) is 0 Å². The number of rotatable bonds is 10. The Kier molecular flexibility index (Phi) is 7.19. The monoisotopic (exact) mass is 334 g/mol. The Balaban J connectivity index is 1.63. The fraction of sp³-hybridized carbons (Fsp3) is 0.438. The lowest BCUT2D eigenvalue weighted by Crippen LogP contribution is -2.35. The van der Waals surface area contributed by atoms with Crippen LogP contribution in [-0.2, 0) is 14.3 Å². The van der Waals surface area contributed by atoms with Crippen molar-refractivity contribution < 1.29 is 19.1 Å². The van der Waals surface area contributed by atoms with Crippen molar-refractivity contribution in [2.45, 2.75) is 6.42 Å². The zero-order chi connectivity index (χ0) is 17.2. The maximum atomic E-state index is 12.1. The van der Waals surface area contributed by atoms with E-state index < -0.39 is 0 Å². The average Bonchev–Trinajstić information content (AvgIpc) is 3.02. The third-order valence-electron chi connectivity index (χ3n) is 3.32. The molecule has 24 heavy (non-hydrogen) atoms. The molecular formula is C16H22N4O4. The van der Waals surface area contributed by atoms with Crippen LogP contribution in [0, 0.1) is 0 Å². The Morgan fingerprint density at radius 3 is 2.75 bits per heavy atom. The molecule has 1 aromatic carbocycles. The second kappa shape index (κ2) is 9.64. The van der Waals surface area contributed by atoms with E-state index >= 15 is 0 Å². The van der Waals surface area contributed by atoms with Crippen molar-refractivity contribution in [1.82, 2.24) is 20.8 Å². The molecule has 0 aliphatic carbocycles. The first kappa shape index (κ1) is 17.9. The van der Waals surface area contributed by atoms with Crippen LogP contribution in [0.2, 0.25) is 0 Å². The number of hydrogen-bond acceptors (Lipinski definition) is 5. The van der Waals surface area contributed by atoms with Gasteiger partial charge < -0.3 is 20.1 Å². The van der Waals surface area contributed by atoms with Gasteiger partial charge in [0.15, 0.2) is 5.69 Å². The Morgan fingerprint density at radius 1 is 1.12 bits per heavy atom. The summed E-state index contributed by atoms with van der Waals surface area (Å²) >= 11 is 0. The molecule has 0 saturated heterocycles. The predicted octanol–water partition coefficient (Wildman–Crippen LogP) is 0.462. The molecule has 1 aromatic heterocycles. The van der Waals surface area contributed by atoms with Crippen molar-refractivity contribution >= 4 is 22.7 Å². The van der Waals surface area contributed by atoms with Gasteiger partial charge in [-0.15, -0.1) is 0 Å². The van der Waals surface area contributed by atoms with Crippen molar-refractivity contribution in [2.24, 2.45) is 0 Å². The Bertz CT molecular complexity index is 671. The van der Waals surface area contributed by atoms with Crippen LogP contribution in [0.25, 0.3) is 10.9 Å². The van der Waals surface area contributed by atoms with Gasteiger partial charge >= 0.3 is 0 Å². The number of carbonyl (C=O) groups excluding carboxylic acids is 2. The number of benzene rings is 1. The van der Waals surface area contributed by atoms with Gasteiger partial charge in [-0.25, -0.2) is 0 Å². The molecule has 8 nitrogen and oxygen atoms in total. The minimum Gasteiger partial charge on any atom is -0.382 e. The van der Waals surface area contributed by atoms with E-state index in [1.807, 2.05) is 24.3 Å². The minimum absolute atomic E-state index is 0.119. The topological polar surface area (TPSA) is 105 Å². The van der Waals surface area contributed by atoms with Gasteiger partial charge in [0.25, 0.3) is 5.91 Å². The number of nitrogens with zero attached hydrogens (tertiary/aromatic N) is 1. The van der Waals surface area contributed by atoms with E-state index in [0.29, 0.717) is 38.6 Å². The summed E-state index contributed by atoms with van der Waals surface area (Å²) in [4.78, 5) is 23.7. The quantitative estimate of drug-likeness (QED) is 0.548. The van der Waals surface area contributed by atoms with Gasteiger partial charge in [0.1, 0.15) is 0 Å². The number of aromatic nitrogens is 2. The molecule has 8 heteroatoms. The molecule has 0 aliphatic rings. The minimum atomic E-state index is -0.274. The summed E-state index contributed by atoms with van der Waals surface area (Å²) in [6.45, 7) is 2.01. The standard InChI is InChI=1S/C16H22N4O4/c1-23-10-11-24-9-6-14(21)17-7-8-18-16(22)15-12-4-2-3-5-13(12)19-20-15/h2-5H,6-11H2,1H3,(H,17,21)(H,18,22)(H,19,20). The van der Waals surface area contributed by atoms with E-state index in [2.05, 4.69) is 20.8 Å². The number of H-pyrrole nitrogens is 1. The molecule has 2 aromatic rings. The first-order valence-electron chi connectivity index (χ1n) is 7.77. The van der Waals surface area contributed by atoms with Gasteiger partial charge in [-0.1, -0.05) is 18.2 Å². The lowest BCUT2D eigenvalue weighted by molar-refractivity contribution is -0.122. The number of carbonyl (C=O) groups is 2. The molecule has 130 valence electrons. The maximum absolute atomic E-state index is 12.1. The van der Waals surface area contributed by atoms with Crippen LogP contribution in [0.1, 0.15) is 16.9 Å². The molecular weight excluding hydrogens is 312 g/mol. The van der Waals surface area contributed by atoms with E-state index in [9.17, 15) is 9.59 Å². The Morgan fingerprint density at radius 2 is 1.92 bits per heavy atom. The molecule has 0 aliphatic heterocycles. The van der Waals surface area contributed by atoms with Crippen LogP contribution in [0.5, 0.6) is 0 Å². The SMILES string of the molecule is COCCOCCC(=O)NCCNC(=O)c1n[nH]c2ccccc12. The van der Waals surface area contributed by atoms with E-state index in [1.165, 1.54) is 0 Å². The van der Waals surface area contributed by atoms with Crippen LogP contribution in [0.15, 0.2) is 24.3 Å². The van der Waals surface area contributed by atoms with Crippen LogP contribution in [0.3, 0.4) is 0 Å². The molecule has 0 saturated carbocycles. The normalized spacial score (nSPS) is 10.7. The van der Waals surface area contributed by atoms with E-state index in [1.54, 1.807) is 7.11 Å². The van der Waals surface area contributed by atoms with Crippen LogP contribution < -0.4 is 10.6 Å². The molecule has 1 heterocycles. The van der Waals surface area contributed by atoms with Crippen molar-refractivity contribution in [2.75, 3.05) is 40.0 Å². The van der Waals surface area contributed by atoms with Crippen LogP contribution in [0.4, 0.5) is 0 Å². The zero-order valence-electron chi connectivity index (χ0n) is 13.6. The van der Waals surface area contributed by atoms with Gasteiger partial charge in [-0.2, -0.15) is 5.10 Å². The number of fused-ring (bicyclic) bond motifs is 1. The second-order valence-electron chi connectivity index (χ2n) is 5.08. The smallest absolute Gasteiger partial charge is 0.272 e. The number of amides is 2. The van der Waals surface area contributed by atoms with Crippen molar-refractivity contribution in [3.8, 4) is 0 Å². The van der Waals surface area contributed by atoms with E-state index in [0.717, 1.165) is 10.9 Å². The third kappa shape index (κ3) is 5.32. The summed E-state index contributed by atoms with van der Waals surface area (Å²) < 4.78 is 10.0. The van der Waals surface area contributed by atoms with Crippen molar-refractivity contribution in [3.05, 3.63) is 30.0 Å². The fourth-order valence-electron chi connectivity index (χ4n) is 2.10. The number of methoxy groups -OCH3 is 1. The van der Waals surface area contributed by atoms with Gasteiger partial charge in [-0.3, -0.25) is 14.7 Å². The first-order valence-corrected chi connectivity index (χ1v) is 7.77. The molecule has 0 fully saturated rings. The average molecular weight is 334 g/mol. The summed E-state index contributed by atoms with van der Waals surface area (Å²) in [6.07, 6.45) is 0.279. The van der Waals surface area contributed by atoms with Gasteiger partial charge in [-0.05, 0) is 6.07 Å². The largest absolute Gasteiger partial charge is 0.382 e. The Labute approximate surface area is 139 Å². The molecule has 2 rings (SSSR count). The highest BCUT2D eigenvalue weighted by molar-refractivity contribution is 6.04. The van der Waals surface area contributed by atoms with Crippen LogP contribution in [-0.4, -0.2) is 62.0 Å². The zero-order valence-corrected chi connectivity index (χ0v) is 13.6. The molecule has 0 radical (unpaired) electrons. The van der Waals surface area contributed by atoms with E-state index in [-0.39, 0.29) is 18.2 Å². The molecule has 3 N–H and O–H groups in total. The van der Waals surface area contributed by atoms with Gasteiger partial charge in [0.2, 0.25) is 5.91 Å². The number of para-hydroxylation sites is 1. The van der Waals surface area contributed by atoms with Gasteiger partial charge in [0, 0.05) is 32.0 Å². The van der Waals surface area contributed by atoms with Crippen LogP contribution >= 0.6 is 0 Å². The molecule has 0 unspecified atom stereocenters. The molecule has 0 spiro atoms. The second-order valence-corrected chi connectivity index (χ2v) is 5.08. The number of ether oxygens (including phenoxy) is 2. The summed E-state index contributed by atoms with van der Waals surface area (Å²) in [6, 6.07) is 7.41. The lowest BCUT2D eigenvalue weighted by Gasteiger charge is -2.07. The first-order chi connectivity index (χ1) is 11.7. The van der Waals surface area contributed by atoms with Crippen molar-refractivity contribution in [1.29, 1.82) is 0 Å². The lowest BCUT2D eigenvalue weighted by atomic mass is 10.2. The number of aromatic amines is 1. The van der Waals surface area contributed by atoms with E-state index in [4.69, 9.17) is 9.47 Å². The Hall–Kier alpha value is -2.45. The van der Waals surface area contributed by atoms with Gasteiger partial charge in [0.05, 0.1) is 25.3 Å². The molecule has 0 atom stereocenters. The fourth-order valence-corrected chi connectivity index (χ4v) is 2.10. The predicted molar refractivity (Wildman–Crippen MR) is 88.7 cm³/mol. The number of hydrogen-bond donors (Lipinski definition) is 3. The number of nitrogens with one attached hydrogen (secondary N) is 3. The highest BCUT2D eigenvalue weighted by atomic mass is 16.5. The molecule has 2 amide bonds. The maximum Gasteiger partial charge on any atom is 0.272 e. The highest BCUT2D eigenvalue weighted by Crippen LogP contribution is 2.14. The molecule has 0 bridgehead atoms. The highest BCUT2D eigenvalue weighted by Gasteiger charge is 2.12. The summed E-state index contributed by atoms with van der Waals surface area (Å²) in [7, 11) is 1.59. The summed E-state index contributed by atoms with van der Waals surface area (Å²) in [5, 5.41) is 13.1. The summed E-state index contributed by atoms with van der Waals surface area (Å²) in [5.74, 6) is -0.392. The summed E-state index contributed by atoms with van der Waals surface area (Å²) in [5.41, 5.74) is 1.16.